The van der Waals surface area contributed by atoms with Gasteiger partial charge in [0.05, 0.1) is 17.6 Å². The topological polar surface area (TPSA) is 97.2 Å². The minimum absolute atomic E-state index is 0.125. The van der Waals surface area contributed by atoms with Crippen LogP contribution in [-0.2, 0) is 10.0 Å². The lowest BCUT2D eigenvalue weighted by Crippen LogP contribution is -2.46. The first-order valence-electron chi connectivity index (χ1n) is 8.09. The van der Waals surface area contributed by atoms with Crippen molar-refractivity contribution in [2.75, 3.05) is 19.3 Å². The van der Waals surface area contributed by atoms with Crippen LogP contribution in [0.1, 0.15) is 29.0 Å². The summed E-state index contributed by atoms with van der Waals surface area (Å²) in [6.07, 6.45) is 2.32. The number of nitrogens with zero attached hydrogens (tertiary/aromatic N) is 4. The van der Waals surface area contributed by atoms with Gasteiger partial charge >= 0.3 is 0 Å². The molecule has 1 aliphatic heterocycles. The van der Waals surface area contributed by atoms with Crippen molar-refractivity contribution < 1.29 is 13.2 Å². The molecule has 1 aromatic carbocycles. The summed E-state index contributed by atoms with van der Waals surface area (Å²) >= 11 is 0. The van der Waals surface area contributed by atoms with Crippen LogP contribution >= 0.6 is 0 Å². The van der Waals surface area contributed by atoms with Crippen molar-refractivity contribution in [3.05, 3.63) is 41.7 Å². The second-order valence-electron chi connectivity index (χ2n) is 6.22. The number of benzene rings is 1. The molecule has 0 saturated carbocycles. The van der Waals surface area contributed by atoms with Crippen LogP contribution in [0.4, 0.5) is 0 Å². The maximum absolute atomic E-state index is 12.7. The third kappa shape index (κ3) is 4.23. The lowest BCUT2D eigenvalue weighted by Gasteiger charge is -2.31. The Kier molecular flexibility index (Phi) is 4.87. The summed E-state index contributed by atoms with van der Waals surface area (Å²) in [4.78, 5) is 15.9. The Morgan fingerprint density at radius 2 is 1.80 bits per heavy atom. The Hall–Kier alpha value is -2.26. The molecule has 0 bridgehead atoms. The van der Waals surface area contributed by atoms with E-state index in [9.17, 15) is 13.2 Å². The Balaban J connectivity index is 1.69. The van der Waals surface area contributed by atoms with Crippen LogP contribution in [0.2, 0.25) is 0 Å². The summed E-state index contributed by atoms with van der Waals surface area (Å²) in [5.74, 6) is -0.169. The summed E-state index contributed by atoms with van der Waals surface area (Å²) in [5, 5.41) is 8.66. The lowest BCUT2D eigenvalue weighted by molar-refractivity contribution is 0.0704. The largest absolute Gasteiger partial charge is 0.337 e. The molecule has 1 N–H and O–H groups in total. The molecule has 1 aromatic heterocycles. The van der Waals surface area contributed by atoms with Crippen molar-refractivity contribution in [3.8, 4) is 5.69 Å². The predicted molar refractivity (Wildman–Crippen MR) is 93.0 cm³/mol. The van der Waals surface area contributed by atoms with Gasteiger partial charge in [0.15, 0.2) is 5.69 Å². The molecule has 0 radical (unpaired) electrons. The Labute approximate surface area is 146 Å². The summed E-state index contributed by atoms with van der Waals surface area (Å²) in [7, 11) is -3.23. The zero-order valence-electron chi connectivity index (χ0n) is 14.2. The van der Waals surface area contributed by atoms with Crippen LogP contribution in [0.25, 0.3) is 5.69 Å². The van der Waals surface area contributed by atoms with Crippen molar-refractivity contribution >= 4 is 15.9 Å². The van der Waals surface area contributed by atoms with Gasteiger partial charge in [-0.25, -0.2) is 13.1 Å². The van der Waals surface area contributed by atoms with Crippen LogP contribution in [0.3, 0.4) is 0 Å². The van der Waals surface area contributed by atoms with Gasteiger partial charge in [0.2, 0.25) is 10.0 Å². The molecule has 1 saturated heterocycles. The normalized spacial score (nSPS) is 16.2. The van der Waals surface area contributed by atoms with Crippen molar-refractivity contribution in [1.82, 2.24) is 24.6 Å². The van der Waals surface area contributed by atoms with Crippen molar-refractivity contribution in [2.24, 2.45) is 0 Å². The Morgan fingerprint density at radius 1 is 1.16 bits per heavy atom. The fraction of sp³-hybridized carbons (Fsp3) is 0.438. The van der Waals surface area contributed by atoms with Crippen LogP contribution in [0.15, 0.2) is 30.3 Å². The Bertz CT molecular complexity index is 855. The first kappa shape index (κ1) is 17.6. The summed E-state index contributed by atoms with van der Waals surface area (Å²) in [6.45, 7) is 2.74. The van der Waals surface area contributed by atoms with E-state index < -0.39 is 10.0 Å². The molecule has 8 nitrogen and oxygen atoms in total. The average Bonchev–Trinajstić information content (AvgIpc) is 2.96. The van der Waals surface area contributed by atoms with Gasteiger partial charge < -0.3 is 4.90 Å². The molecule has 1 amide bonds. The van der Waals surface area contributed by atoms with E-state index in [2.05, 4.69) is 14.9 Å². The van der Waals surface area contributed by atoms with Gasteiger partial charge in [-0.15, -0.1) is 5.10 Å². The molecule has 134 valence electrons. The molecule has 1 fully saturated rings. The lowest BCUT2D eigenvalue weighted by atomic mass is 10.1. The van der Waals surface area contributed by atoms with E-state index in [-0.39, 0.29) is 11.9 Å². The first-order chi connectivity index (χ1) is 11.8. The van der Waals surface area contributed by atoms with Crippen molar-refractivity contribution in [1.29, 1.82) is 0 Å². The second-order valence-corrected chi connectivity index (χ2v) is 8.00. The second kappa shape index (κ2) is 6.93. The van der Waals surface area contributed by atoms with Gasteiger partial charge in [-0.1, -0.05) is 18.2 Å². The van der Waals surface area contributed by atoms with Crippen LogP contribution < -0.4 is 4.72 Å². The minimum Gasteiger partial charge on any atom is -0.337 e. The molecule has 3 rings (SSSR count). The quantitative estimate of drug-likeness (QED) is 0.864. The van der Waals surface area contributed by atoms with E-state index in [0.29, 0.717) is 37.3 Å². The third-order valence-electron chi connectivity index (χ3n) is 4.13. The number of carbonyl (C=O) groups excluding carboxylic acids is 1. The SMILES string of the molecule is Cc1nn(-c2ccccc2)nc1C(=O)N1CCC(NS(C)(=O)=O)CC1. The molecular weight excluding hydrogens is 342 g/mol. The van der Waals surface area contributed by atoms with E-state index in [0.717, 1.165) is 11.9 Å². The standard InChI is InChI=1S/C16H21N5O3S/c1-12-15(18-21(17-12)14-6-4-3-5-7-14)16(22)20-10-8-13(9-11-20)19-25(2,23)24/h3-7,13,19H,8-11H2,1-2H3. The van der Waals surface area contributed by atoms with Gasteiger partial charge in [-0.05, 0) is 31.9 Å². The molecular formula is C16H21N5O3S. The van der Waals surface area contributed by atoms with Crippen LogP contribution in [0, 0.1) is 6.92 Å². The number of aryl methyl sites for hydroxylation is 1. The molecule has 2 aromatic rings. The summed E-state index contributed by atoms with van der Waals surface area (Å²) < 4.78 is 25.2. The van der Waals surface area contributed by atoms with E-state index >= 15 is 0 Å². The highest BCUT2D eigenvalue weighted by Crippen LogP contribution is 2.16. The maximum atomic E-state index is 12.7. The highest BCUT2D eigenvalue weighted by atomic mass is 32.2. The number of carbonyl (C=O) groups is 1. The number of hydrogen-bond acceptors (Lipinski definition) is 5. The molecule has 9 heteroatoms. The van der Waals surface area contributed by atoms with Crippen molar-refractivity contribution in [3.63, 3.8) is 0 Å². The summed E-state index contributed by atoms with van der Waals surface area (Å²) in [6, 6.07) is 9.29. The van der Waals surface area contributed by atoms with Crippen LogP contribution in [-0.4, -0.2) is 59.6 Å². The monoisotopic (exact) mass is 363 g/mol. The van der Waals surface area contributed by atoms with Gasteiger partial charge in [0, 0.05) is 19.1 Å². The fourth-order valence-corrected chi connectivity index (χ4v) is 3.75. The fourth-order valence-electron chi connectivity index (χ4n) is 2.91. The van der Waals surface area contributed by atoms with Crippen molar-refractivity contribution in [2.45, 2.75) is 25.8 Å². The molecule has 1 aliphatic rings. The van der Waals surface area contributed by atoms with Crippen LogP contribution in [0.5, 0.6) is 0 Å². The number of hydrogen-bond donors (Lipinski definition) is 1. The molecule has 0 unspecified atom stereocenters. The number of piperidine rings is 1. The van der Waals surface area contributed by atoms with Gasteiger partial charge in [0.1, 0.15) is 0 Å². The van der Waals surface area contributed by atoms with E-state index in [1.54, 1.807) is 11.8 Å². The van der Waals surface area contributed by atoms with Gasteiger partial charge in [-0.3, -0.25) is 4.79 Å². The number of aromatic nitrogens is 3. The number of likely N-dealkylation sites (tertiary alicyclic amines) is 1. The highest BCUT2D eigenvalue weighted by molar-refractivity contribution is 7.88. The van der Waals surface area contributed by atoms with E-state index in [4.69, 9.17) is 0 Å². The molecule has 2 heterocycles. The summed E-state index contributed by atoms with van der Waals surface area (Å²) in [5.41, 5.74) is 1.70. The van der Waals surface area contributed by atoms with Gasteiger partial charge in [0.25, 0.3) is 5.91 Å². The zero-order valence-corrected chi connectivity index (χ0v) is 15.0. The molecule has 0 atom stereocenters. The maximum Gasteiger partial charge on any atom is 0.276 e. The number of amides is 1. The number of sulfonamides is 1. The van der Waals surface area contributed by atoms with Gasteiger partial charge in [-0.2, -0.15) is 9.90 Å². The molecule has 0 spiro atoms. The third-order valence-corrected chi connectivity index (χ3v) is 4.90. The highest BCUT2D eigenvalue weighted by Gasteiger charge is 2.28. The minimum atomic E-state index is -3.23. The average molecular weight is 363 g/mol. The smallest absolute Gasteiger partial charge is 0.276 e. The molecule has 25 heavy (non-hydrogen) atoms. The number of rotatable bonds is 4. The predicted octanol–water partition coefficient (Wildman–Crippen LogP) is 0.730. The number of para-hydroxylation sites is 1. The zero-order chi connectivity index (χ0) is 18.0. The Morgan fingerprint density at radius 3 is 2.40 bits per heavy atom. The number of nitrogens with one attached hydrogen (secondary N) is 1. The van der Waals surface area contributed by atoms with E-state index in [1.165, 1.54) is 4.80 Å². The first-order valence-corrected chi connectivity index (χ1v) is 9.98. The van der Waals surface area contributed by atoms with E-state index in [1.807, 2.05) is 30.3 Å². The molecule has 0 aliphatic carbocycles.